The predicted molar refractivity (Wildman–Crippen MR) is 39.2 cm³/mol. The van der Waals surface area contributed by atoms with Crippen molar-refractivity contribution in [2.45, 2.75) is 6.10 Å². The molecule has 4 nitrogen and oxygen atoms in total. The first-order valence-electron chi connectivity index (χ1n) is 3.26. The molecule has 0 radical (unpaired) electrons. The van der Waals surface area contributed by atoms with Gasteiger partial charge in [0.15, 0.2) is 24.4 Å². The first kappa shape index (κ1) is 8.39. The summed E-state index contributed by atoms with van der Waals surface area (Å²) in [6.45, 7) is 0. The van der Waals surface area contributed by atoms with Crippen molar-refractivity contribution in [2.24, 2.45) is 0 Å². The van der Waals surface area contributed by atoms with Gasteiger partial charge in [0.1, 0.15) is 6.29 Å². The van der Waals surface area contributed by atoms with Crippen LogP contribution in [0.5, 0.6) is 0 Å². The maximum atomic E-state index is 10.3. The zero-order valence-electron chi connectivity index (χ0n) is 6.10. The van der Waals surface area contributed by atoms with Crippen molar-refractivity contribution >= 4 is 18.9 Å². The number of hydrogen-bond acceptors (Lipinski definition) is 4. The predicted octanol–water partition coefficient (Wildman–Crippen LogP) is -0.208. The minimum atomic E-state index is -0.824. The van der Waals surface area contributed by atoms with Crippen LogP contribution in [0.25, 0.3) is 0 Å². The van der Waals surface area contributed by atoms with E-state index in [-0.39, 0.29) is 11.3 Å². The number of aldehydes is 3. The molecular formula is C8H6O4. The van der Waals surface area contributed by atoms with Crippen molar-refractivity contribution in [1.29, 1.82) is 0 Å². The molecule has 0 amide bonds. The summed E-state index contributed by atoms with van der Waals surface area (Å²) in [6.07, 6.45) is 3.32. The molecule has 12 heavy (non-hydrogen) atoms. The van der Waals surface area contributed by atoms with E-state index in [9.17, 15) is 14.4 Å². The Bertz CT molecular complexity index is 275. The standard InChI is InChI=1S/C8H6O4/c9-3-6-1-7(4-10)12-8(2-6)5-11/h1-5,7H. The Balaban J connectivity index is 2.91. The van der Waals surface area contributed by atoms with Gasteiger partial charge in [0.2, 0.25) is 0 Å². The van der Waals surface area contributed by atoms with Gasteiger partial charge >= 0.3 is 0 Å². The molecule has 4 heteroatoms. The van der Waals surface area contributed by atoms with E-state index in [1.165, 1.54) is 12.2 Å². The van der Waals surface area contributed by atoms with Gasteiger partial charge in [0.05, 0.1) is 0 Å². The normalized spacial score (nSPS) is 21.5. The molecule has 0 aromatic heterocycles. The second kappa shape index (κ2) is 3.61. The van der Waals surface area contributed by atoms with Crippen LogP contribution in [0.15, 0.2) is 23.5 Å². The highest BCUT2D eigenvalue weighted by Crippen LogP contribution is 2.11. The zero-order valence-corrected chi connectivity index (χ0v) is 6.10. The molecule has 0 aliphatic carbocycles. The fourth-order valence-corrected chi connectivity index (χ4v) is 0.829. The van der Waals surface area contributed by atoms with Crippen LogP contribution < -0.4 is 0 Å². The molecule has 1 atom stereocenters. The van der Waals surface area contributed by atoms with Crippen molar-refractivity contribution < 1.29 is 19.1 Å². The highest BCUT2D eigenvalue weighted by molar-refractivity contribution is 5.84. The first-order chi connectivity index (χ1) is 5.80. The van der Waals surface area contributed by atoms with E-state index in [0.717, 1.165) is 0 Å². The summed E-state index contributed by atoms with van der Waals surface area (Å²) in [5, 5.41) is 0. The third-order valence-corrected chi connectivity index (χ3v) is 1.32. The third-order valence-electron chi connectivity index (χ3n) is 1.32. The fourth-order valence-electron chi connectivity index (χ4n) is 0.829. The largest absolute Gasteiger partial charge is 0.475 e. The second-order valence-corrected chi connectivity index (χ2v) is 2.17. The fraction of sp³-hybridized carbons (Fsp3) is 0.125. The van der Waals surface area contributed by atoms with Crippen molar-refractivity contribution in [2.75, 3.05) is 0 Å². The summed E-state index contributed by atoms with van der Waals surface area (Å²) in [7, 11) is 0. The van der Waals surface area contributed by atoms with Gasteiger partial charge in [0.25, 0.3) is 0 Å². The Morgan fingerprint density at radius 1 is 1.25 bits per heavy atom. The summed E-state index contributed by atoms with van der Waals surface area (Å²) < 4.78 is 4.81. The summed E-state index contributed by atoms with van der Waals surface area (Å²) in [5.74, 6) is -0.00306. The highest BCUT2D eigenvalue weighted by Gasteiger charge is 2.13. The molecule has 62 valence electrons. The highest BCUT2D eigenvalue weighted by atomic mass is 16.5. The molecule has 0 N–H and O–H groups in total. The average molecular weight is 166 g/mol. The van der Waals surface area contributed by atoms with Crippen molar-refractivity contribution in [3.05, 3.63) is 23.5 Å². The van der Waals surface area contributed by atoms with E-state index < -0.39 is 6.10 Å². The summed E-state index contributed by atoms with van der Waals surface area (Å²) in [6, 6.07) is 0. The lowest BCUT2D eigenvalue weighted by atomic mass is 10.1. The topological polar surface area (TPSA) is 60.4 Å². The number of carbonyl (C=O) groups excluding carboxylic acids is 3. The maximum Gasteiger partial charge on any atom is 0.184 e. The number of ether oxygens (including phenoxy) is 1. The lowest BCUT2D eigenvalue weighted by Gasteiger charge is -2.13. The molecule has 0 aromatic carbocycles. The van der Waals surface area contributed by atoms with Crippen molar-refractivity contribution in [1.82, 2.24) is 0 Å². The Hall–Kier alpha value is -1.71. The van der Waals surface area contributed by atoms with E-state index >= 15 is 0 Å². The molecule has 0 aromatic rings. The molecule has 0 spiro atoms. The van der Waals surface area contributed by atoms with E-state index in [0.29, 0.717) is 18.9 Å². The van der Waals surface area contributed by atoms with Crippen LogP contribution in [0.3, 0.4) is 0 Å². The molecule has 0 saturated heterocycles. The lowest BCUT2D eigenvalue weighted by molar-refractivity contribution is -0.116. The maximum absolute atomic E-state index is 10.3. The van der Waals surface area contributed by atoms with Gasteiger partial charge in [-0.3, -0.25) is 14.4 Å². The van der Waals surface area contributed by atoms with Crippen LogP contribution in [-0.4, -0.2) is 25.0 Å². The van der Waals surface area contributed by atoms with E-state index in [1.54, 1.807) is 0 Å². The van der Waals surface area contributed by atoms with Crippen LogP contribution in [0.4, 0.5) is 0 Å². The second-order valence-electron chi connectivity index (χ2n) is 2.17. The van der Waals surface area contributed by atoms with E-state index in [2.05, 4.69) is 0 Å². The van der Waals surface area contributed by atoms with Gasteiger partial charge in [-0.1, -0.05) is 0 Å². The molecule has 0 fully saturated rings. The van der Waals surface area contributed by atoms with E-state index in [4.69, 9.17) is 4.74 Å². The average Bonchev–Trinajstić information content (AvgIpc) is 2.16. The Morgan fingerprint density at radius 3 is 2.50 bits per heavy atom. The molecule has 1 rings (SSSR count). The van der Waals surface area contributed by atoms with Crippen LogP contribution in [0.1, 0.15) is 0 Å². The molecule has 1 heterocycles. The van der Waals surface area contributed by atoms with Crippen LogP contribution in [0, 0.1) is 0 Å². The summed E-state index contributed by atoms with van der Waals surface area (Å²) in [4.78, 5) is 30.8. The van der Waals surface area contributed by atoms with Gasteiger partial charge in [-0.2, -0.15) is 0 Å². The smallest absolute Gasteiger partial charge is 0.184 e. The summed E-state index contributed by atoms with van der Waals surface area (Å²) in [5.41, 5.74) is 0.278. The molecule has 0 bridgehead atoms. The first-order valence-corrected chi connectivity index (χ1v) is 3.26. The molecule has 1 aliphatic rings. The molecule has 0 saturated carbocycles. The Kier molecular flexibility index (Phi) is 2.53. The number of allylic oxidation sites excluding steroid dienone is 3. The van der Waals surface area contributed by atoms with Gasteiger partial charge in [-0.15, -0.1) is 0 Å². The van der Waals surface area contributed by atoms with Gasteiger partial charge in [-0.25, -0.2) is 0 Å². The van der Waals surface area contributed by atoms with Gasteiger partial charge < -0.3 is 4.74 Å². The van der Waals surface area contributed by atoms with Gasteiger partial charge in [0, 0.05) is 5.57 Å². The Labute approximate surface area is 68.5 Å². The summed E-state index contributed by atoms with van der Waals surface area (Å²) >= 11 is 0. The number of hydrogen-bond donors (Lipinski definition) is 0. The van der Waals surface area contributed by atoms with E-state index in [1.807, 2.05) is 0 Å². The molecular weight excluding hydrogens is 160 g/mol. The van der Waals surface area contributed by atoms with Crippen molar-refractivity contribution in [3.8, 4) is 0 Å². The van der Waals surface area contributed by atoms with Crippen LogP contribution in [-0.2, 0) is 19.1 Å². The SMILES string of the molecule is O=CC1=CC(C=O)OC(C=O)=C1. The molecule has 1 unspecified atom stereocenters. The Morgan fingerprint density at radius 2 is 2.00 bits per heavy atom. The van der Waals surface area contributed by atoms with Gasteiger partial charge in [-0.05, 0) is 12.2 Å². The monoisotopic (exact) mass is 166 g/mol. The molecule has 1 aliphatic heterocycles. The minimum absolute atomic E-state index is 0.00306. The van der Waals surface area contributed by atoms with Crippen LogP contribution in [0.2, 0.25) is 0 Å². The third kappa shape index (κ3) is 1.66. The lowest BCUT2D eigenvalue weighted by Crippen LogP contribution is -2.16. The van der Waals surface area contributed by atoms with Crippen molar-refractivity contribution in [3.63, 3.8) is 0 Å². The minimum Gasteiger partial charge on any atom is -0.475 e. The number of rotatable bonds is 3. The zero-order chi connectivity index (χ0) is 8.97. The number of carbonyl (C=O) groups is 3. The van der Waals surface area contributed by atoms with Crippen LogP contribution >= 0.6 is 0 Å². The quantitative estimate of drug-likeness (QED) is 0.544.